The fourth-order valence-electron chi connectivity index (χ4n) is 3.79. The van der Waals surface area contributed by atoms with Crippen LogP contribution in [0.2, 0.25) is 0 Å². The third-order valence-electron chi connectivity index (χ3n) is 5.32. The minimum atomic E-state index is -0.0858. The maximum Gasteiger partial charge on any atom is 0.225 e. The van der Waals surface area contributed by atoms with Gasteiger partial charge in [-0.2, -0.15) is 0 Å². The standard InChI is InChI=1S/C22H29N5O2/c23-21(24)12-20(29)7-6-16-3-1-5-18(11-16)19-13-25-22(26-14-19)27-9-2-4-17(15-27)8-10-28/h1,3,5,11,13-14,17,28H,2,4,6-10,12,15H2,(H3,23,24). The highest BCUT2D eigenvalue weighted by Gasteiger charge is 2.21. The molecule has 3 rings (SSSR count). The van der Waals surface area contributed by atoms with Crippen molar-refractivity contribution >= 4 is 17.6 Å². The molecule has 7 heteroatoms. The number of aryl methyl sites for hydroxylation is 1. The molecule has 0 saturated carbocycles. The van der Waals surface area contributed by atoms with E-state index in [-0.39, 0.29) is 24.6 Å². The molecule has 1 aromatic carbocycles. The van der Waals surface area contributed by atoms with Crippen molar-refractivity contribution in [3.63, 3.8) is 0 Å². The van der Waals surface area contributed by atoms with Crippen LogP contribution < -0.4 is 10.6 Å². The average molecular weight is 396 g/mol. The predicted octanol–water partition coefficient (Wildman–Crippen LogP) is 2.57. The lowest BCUT2D eigenvalue weighted by molar-refractivity contribution is -0.117. The van der Waals surface area contributed by atoms with E-state index in [4.69, 9.17) is 11.1 Å². The van der Waals surface area contributed by atoms with E-state index in [2.05, 4.69) is 20.9 Å². The summed E-state index contributed by atoms with van der Waals surface area (Å²) in [5, 5.41) is 16.4. The minimum Gasteiger partial charge on any atom is -0.396 e. The number of anilines is 1. The highest BCUT2D eigenvalue weighted by molar-refractivity contribution is 5.98. The van der Waals surface area contributed by atoms with Crippen LogP contribution in [0.5, 0.6) is 0 Å². The molecule has 1 saturated heterocycles. The molecule has 1 atom stereocenters. The molecule has 1 fully saturated rings. The van der Waals surface area contributed by atoms with Gasteiger partial charge in [-0.1, -0.05) is 24.3 Å². The molecule has 1 aliphatic heterocycles. The summed E-state index contributed by atoms with van der Waals surface area (Å²) in [6, 6.07) is 8.03. The smallest absolute Gasteiger partial charge is 0.225 e. The van der Waals surface area contributed by atoms with Crippen molar-refractivity contribution in [3.8, 4) is 11.1 Å². The lowest BCUT2D eigenvalue weighted by atomic mass is 9.95. The summed E-state index contributed by atoms with van der Waals surface area (Å²) in [4.78, 5) is 23.1. The second-order valence-corrected chi connectivity index (χ2v) is 7.68. The largest absolute Gasteiger partial charge is 0.396 e. The number of Topliss-reactive ketones (excluding diaryl/α,β-unsaturated/α-hetero) is 1. The fourth-order valence-corrected chi connectivity index (χ4v) is 3.79. The predicted molar refractivity (Wildman–Crippen MR) is 114 cm³/mol. The van der Waals surface area contributed by atoms with Crippen LogP contribution in [-0.4, -0.2) is 46.4 Å². The molecule has 7 nitrogen and oxygen atoms in total. The van der Waals surface area contributed by atoms with Crippen molar-refractivity contribution < 1.29 is 9.90 Å². The monoisotopic (exact) mass is 395 g/mol. The molecule has 1 aromatic heterocycles. The first-order valence-corrected chi connectivity index (χ1v) is 10.2. The number of piperidine rings is 1. The molecule has 29 heavy (non-hydrogen) atoms. The number of carbonyl (C=O) groups is 1. The number of hydrogen-bond acceptors (Lipinski definition) is 6. The van der Waals surface area contributed by atoms with Crippen LogP contribution in [0.3, 0.4) is 0 Å². The first-order chi connectivity index (χ1) is 14.0. The van der Waals surface area contributed by atoms with E-state index in [1.54, 1.807) is 0 Å². The van der Waals surface area contributed by atoms with Gasteiger partial charge in [0.15, 0.2) is 0 Å². The van der Waals surface area contributed by atoms with Gasteiger partial charge in [-0.25, -0.2) is 9.97 Å². The van der Waals surface area contributed by atoms with Crippen molar-refractivity contribution in [1.29, 1.82) is 5.41 Å². The number of nitrogens with zero attached hydrogens (tertiary/aromatic N) is 3. The van der Waals surface area contributed by atoms with Crippen LogP contribution in [0.15, 0.2) is 36.7 Å². The van der Waals surface area contributed by atoms with Gasteiger partial charge in [0.05, 0.1) is 12.3 Å². The van der Waals surface area contributed by atoms with Gasteiger partial charge in [0.1, 0.15) is 5.78 Å². The Labute approximate surface area is 171 Å². The SMILES string of the molecule is N=C(N)CC(=O)CCc1cccc(-c2cnc(N3CCCC(CCO)C3)nc2)c1. The first-order valence-electron chi connectivity index (χ1n) is 10.2. The number of aliphatic hydroxyl groups is 1. The van der Waals surface area contributed by atoms with Crippen molar-refractivity contribution in [2.24, 2.45) is 11.7 Å². The van der Waals surface area contributed by atoms with E-state index in [1.165, 1.54) is 0 Å². The Hall–Kier alpha value is -2.80. The molecule has 0 bridgehead atoms. The molecule has 1 aliphatic rings. The van der Waals surface area contributed by atoms with Crippen molar-refractivity contribution in [2.75, 3.05) is 24.6 Å². The topological polar surface area (TPSA) is 116 Å². The van der Waals surface area contributed by atoms with Gasteiger partial charge in [0.25, 0.3) is 0 Å². The number of rotatable bonds is 9. The number of hydrogen-bond donors (Lipinski definition) is 3. The summed E-state index contributed by atoms with van der Waals surface area (Å²) in [5.41, 5.74) is 8.30. The maximum atomic E-state index is 11.8. The van der Waals surface area contributed by atoms with Gasteiger partial charge in [0.2, 0.25) is 5.95 Å². The number of nitrogens with two attached hydrogens (primary N) is 1. The van der Waals surface area contributed by atoms with Crippen LogP contribution >= 0.6 is 0 Å². The number of nitrogens with one attached hydrogen (secondary N) is 1. The Morgan fingerprint density at radius 1 is 1.28 bits per heavy atom. The molecule has 154 valence electrons. The molecule has 0 radical (unpaired) electrons. The van der Waals surface area contributed by atoms with E-state index >= 15 is 0 Å². The van der Waals surface area contributed by atoms with E-state index in [0.29, 0.717) is 18.8 Å². The van der Waals surface area contributed by atoms with Gasteiger partial charge in [-0.15, -0.1) is 0 Å². The van der Waals surface area contributed by atoms with Crippen molar-refractivity contribution in [3.05, 3.63) is 42.2 Å². The van der Waals surface area contributed by atoms with Crippen LogP contribution in [0.25, 0.3) is 11.1 Å². The molecular weight excluding hydrogens is 366 g/mol. The van der Waals surface area contributed by atoms with E-state index in [9.17, 15) is 9.90 Å². The second kappa shape index (κ2) is 10.1. The zero-order chi connectivity index (χ0) is 20.6. The van der Waals surface area contributed by atoms with Gasteiger partial charge in [-0.05, 0) is 42.7 Å². The van der Waals surface area contributed by atoms with Crippen LogP contribution in [0, 0.1) is 11.3 Å². The van der Waals surface area contributed by atoms with E-state index in [0.717, 1.165) is 55.0 Å². The third kappa shape index (κ3) is 6.09. The zero-order valence-corrected chi connectivity index (χ0v) is 16.7. The highest BCUT2D eigenvalue weighted by atomic mass is 16.3. The molecular formula is C22H29N5O2. The molecule has 0 aliphatic carbocycles. The normalized spacial score (nSPS) is 16.6. The number of carbonyl (C=O) groups excluding carboxylic acids is 1. The Kier molecular flexibility index (Phi) is 7.30. The fraction of sp³-hybridized carbons (Fsp3) is 0.455. The number of benzene rings is 1. The van der Waals surface area contributed by atoms with Gasteiger partial charge in [0, 0.05) is 44.1 Å². The molecule has 2 aromatic rings. The second-order valence-electron chi connectivity index (χ2n) is 7.68. The first kappa shape index (κ1) is 20.9. The van der Waals surface area contributed by atoms with E-state index in [1.807, 2.05) is 30.6 Å². The van der Waals surface area contributed by atoms with Crippen LogP contribution in [-0.2, 0) is 11.2 Å². The minimum absolute atomic E-state index is 0.0170. The summed E-state index contributed by atoms with van der Waals surface area (Å²) in [5.74, 6) is 1.13. The Balaban J connectivity index is 1.64. The molecule has 2 heterocycles. The van der Waals surface area contributed by atoms with Gasteiger partial charge in [-0.3, -0.25) is 10.2 Å². The number of aliphatic hydroxyl groups excluding tert-OH is 1. The number of aromatic nitrogens is 2. The third-order valence-corrected chi connectivity index (χ3v) is 5.32. The summed E-state index contributed by atoms with van der Waals surface area (Å²) >= 11 is 0. The summed E-state index contributed by atoms with van der Waals surface area (Å²) in [7, 11) is 0. The Morgan fingerprint density at radius 2 is 2.07 bits per heavy atom. The zero-order valence-electron chi connectivity index (χ0n) is 16.7. The Morgan fingerprint density at radius 3 is 2.79 bits per heavy atom. The lowest BCUT2D eigenvalue weighted by Gasteiger charge is -2.32. The molecule has 0 amide bonds. The van der Waals surface area contributed by atoms with Crippen molar-refractivity contribution in [2.45, 2.75) is 38.5 Å². The number of ketones is 1. The van der Waals surface area contributed by atoms with Crippen LogP contribution in [0.1, 0.15) is 37.7 Å². The van der Waals surface area contributed by atoms with Gasteiger partial charge < -0.3 is 15.7 Å². The summed E-state index contributed by atoms with van der Waals surface area (Å²) in [6.07, 6.45) is 7.79. The molecule has 0 spiro atoms. The Bertz CT molecular complexity index is 835. The number of amidine groups is 1. The maximum absolute atomic E-state index is 11.8. The molecule has 1 unspecified atom stereocenters. The quantitative estimate of drug-likeness (QED) is 0.444. The average Bonchev–Trinajstić information content (AvgIpc) is 2.73. The molecule has 4 N–H and O–H groups in total. The van der Waals surface area contributed by atoms with Crippen molar-refractivity contribution in [1.82, 2.24) is 9.97 Å². The van der Waals surface area contributed by atoms with E-state index < -0.39 is 0 Å². The van der Waals surface area contributed by atoms with Crippen LogP contribution in [0.4, 0.5) is 5.95 Å². The van der Waals surface area contributed by atoms with Gasteiger partial charge >= 0.3 is 0 Å². The summed E-state index contributed by atoms with van der Waals surface area (Å²) < 4.78 is 0. The lowest BCUT2D eigenvalue weighted by Crippen LogP contribution is -2.36. The highest BCUT2D eigenvalue weighted by Crippen LogP contribution is 2.24. The summed E-state index contributed by atoms with van der Waals surface area (Å²) in [6.45, 7) is 2.07.